The molecular weight excluding hydrogens is 451 g/mol. The Balaban J connectivity index is 0.00000181. The minimum Gasteiger partial charge on any atom is -0.478 e. The number of hydrogen-bond acceptors (Lipinski definition) is 4. The monoisotopic (exact) mass is 468 g/mol. The first-order valence-electron chi connectivity index (χ1n) is 9.11. The van der Waals surface area contributed by atoms with Gasteiger partial charge in [0.1, 0.15) is 0 Å². The van der Waals surface area contributed by atoms with Gasteiger partial charge in [-0.15, -0.1) is 24.8 Å². The summed E-state index contributed by atoms with van der Waals surface area (Å²) >= 11 is 0. The molecule has 8 heteroatoms. The largest absolute Gasteiger partial charge is 0.478 e. The molecule has 0 aliphatic rings. The van der Waals surface area contributed by atoms with Crippen LogP contribution in [-0.4, -0.2) is 32.1 Å². The van der Waals surface area contributed by atoms with Crippen molar-refractivity contribution in [2.45, 2.75) is 0 Å². The molecule has 0 amide bonds. The van der Waals surface area contributed by atoms with E-state index in [1.165, 1.54) is 12.1 Å². The number of aromatic carboxylic acids is 2. The number of hydrogen-bond donors (Lipinski definition) is 2. The quantitative estimate of drug-likeness (QED) is 0.388. The summed E-state index contributed by atoms with van der Waals surface area (Å²) in [5.74, 6) is -1.99. The number of benzene rings is 2. The third-order valence-corrected chi connectivity index (χ3v) is 4.77. The lowest BCUT2D eigenvalue weighted by molar-refractivity contribution is 0.0686. The van der Waals surface area contributed by atoms with Gasteiger partial charge in [-0.25, -0.2) is 9.59 Å². The van der Waals surface area contributed by atoms with Crippen LogP contribution in [0.4, 0.5) is 0 Å². The van der Waals surface area contributed by atoms with E-state index in [0.29, 0.717) is 5.69 Å². The van der Waals surface area contributed by atoms with Gasteiger partial charge in [0, 0.05) is 29.7 Å². The molecule has 0 aliphatic carbocycles. The van der Waals surface area contributed by atoms with Crippen LogP contribution in [-0.2, 0) is 0 Å². The summed E-state index contributed by atoms with van der Waals surface area (Å²) in [6.45, 7) is 0. The number of nitrogens with zero attached hydrogens (tertiary/aromatic N) is 2. The Bertz CT molecular complexity index is 1230. The number of carbonyl (C=O) groups is 2. The Morgan fingerprint density at radius 2 is 1.09 bits per heavy atom. The highest BCUT2D eigenvalue weighted by molar-refractivity contribution is 5.95. The van der Waals surface area contributed by atoms with Crippen molar-refractivity contribution < 1.29 is 19.8 Å². The Morgan fingerprint density at radius 3 is 1.59 bits per heavy atom. The van der Waals surface area contributed by atoms with Crippen LogP contribution in [0.2, 0.25) is 0 Å². The topological polar surface area (TPSA) is 100 Å². The van der Waals surface area contributed by atoms with Crippen LogP contribution >= 0.6 is 24.8 Å². The fourth-order valence-corrected chi connectivity index (χ4v) is 3.30. The Hall–Kier alpha value is -3.74. The summed E-state index contributed by atoms with van der Waals surface area (Å²) in [4.78, 5) is 31.1. The molecule has 0 saturated carbocycles. The first-order valence-corrected chi connectivity index (χ1v) is 9.11. The molecule has 4 rings (SSSR count). The van der Waals surface area contributed by atoms with E-state index in [0.717, 1.165) is 27.8 Å². The summed E-state index contributed by atoms with van der Waals surface area (Å²) in [5, 5.41) is 18.4. The number of carboxylic acids is 2. The number of carboxylic acid groups (broad SMARTS) is 2. The molecule has 0 aliphatic heterocycles. The average Bonchev–Trinajstić information content (AvgIpc) is 2.79. The van der Waals surface area contributed by atoms with Crippen LogP contribution in [0, 0.1) is 0 Å². The molecule has 4 aromatic rings. The minimum atomic E-state index is -0.996. The molecule has 0 saturated heterocycles. The standard InChI is InChI=1S/C24H16N2O4.2ClH/c27-23(28)18-5-1-16(2-6-18)21-20(15-9-12-25-13-10-15)11-14-26-22(21)17-3-7-19(8-4-17)24(29)30;;/h1-14H,(H,27,28)(H,29,30);2*1H. The average molecular weight is 469 g/mol. The number of aromatic nitrogens is 2. The predicted octanol–water partition coefficient (Wildman–Crippen LogP) is 5.72. The van der Waals surface area contributed by atoms with Crippen molar-refractivity contribution in [1.29, 1.82) is 0 Å². The summed E-state index contributed by atoms with van der Waals surface area (Å²) in [7, 11) is 0. The van der Waals surface area contributed by atoms with E-state index in [9.17, 15) is 19.8 Å². The molecule has 2 aromatic heterocycles. The highest BCUT2D eigenvalue weighted by Gasteiger charge is 2.16. The third-order valence-electron chi connectivity index (χ3n) is 4.77. The third kappa shape index (κ3) is 4.94. The maximum absolute atomic E-state index is 11.2. The lowest BCUT2D eigenvalue weighted by Gasteiger charge is -2.15. The first-order chi connectivity index (χ1) is 14.5. The van der Waals surface area contributed by atoms with Crippen LogP contribution in [0.15, 0.2) is 85.3 Å². The minimum absolute atomic E-state index is 0. The zero-order chi connectivity index (χ0) is 21.1. The zero-order valence-corrected chi connectivity index (χ0v) is 18.1. The maximum Gasteiger partial charge on any atom is 0.335 e. The molecule has 0 spiro atoms. The molecule has 162 valence electrons. The normalized spacial score (nSPS) is 9.88. The zero-order valence-electron chi connectivity index (χ0n) is 16.5. The van der Waals surface area contributed by atoms with Gasteiger partial charge in [0.15, 0.2) is 0 Å². The Morgan fingerprint density at radius 1 is 0.594 bits per heavy atom. The van der Waals surface area contributed by atoms with Crippen molar-refractivity contribution >= 4 is 36.8 Å². The van der Waals surface area contributed by atoms with Crippen molar-refractivity contribution in [3.8, 4) is 33.5 Å². The molecule has 32 heavy (non-hydrogen) atoms. The van der Waals surface area contributed by atoms with Crippen LogP contribution in [0.1, 0.15) is 20.7 Å². The predicted molar refractivity (Wildman–Crippen MR) is 127 cm³/mol. The van der Waals surface area contributed by atoms with E-state index < -0.39 is 11.9 Å². The van der Waals surface area contributed by atoms with Gasteiger partial charge in [0.2, 0.25) is 0 Å². The van der Waals surface area contributed by atoms with Gasteiger partial charge >= 0.3 is 11.9 Å². The van der Waals surface area contributed by atoms with E-state index in [2.05, 4.69) is 9.97 Å². The van der Waals surface area contributed by atoms with Gasteiger partial charge in [-0.1, -0.05) is 24.3 Å². The van der Waals surface area contributed by atoms with Crippen molar-refractivity contribution in [1.82, 2.24) is 9.97 Å². The Labute approximate surface area is 196 Å². The lowest BCUT2D eigenvalue weighted by atomic mass is 9.91. The van der Waals surface area contributed by atoms with Gasteiger partial charge in [-0.2, -0.15) is 0 Å². The summed E-state index contributed by atoms with van der Waals surface area (Å²) < 4.78 is 0. The lowest BCUT2D eigenvalue weighted by Crippen LogP contribution is -1.98. The number of halogens is 2. The second-order valence-electron chi connectivity index (χ2n) is 6.58. The molecule has 2 aromatic carbocycles. The molecular formula is C24H18Cl2N2O4. The molecule has 2 N–H and O–H groups in total. The SMILES string of the molecule is Cl.Cl.O=C(O)c1ccc(-c2nccc(-c3ccncc3)c2-c2ccc(C(=O)O)cc2)cc1. The van der Waals surface area contributed by atoms with Crippen molar-refractivity contribution in [3.05, 3.63) is 96.4 Å². The molecule has 6 nitrogen and oxygen atoms in total. The molecule has 0 atom stereocenters. The fraction of sp³-hybridized carbons (Fsp3) is 0. The van der Waals surface area contributed by atoms with Crippen LogP contribution in [0.5, 0.6) is 0 Å². The van der Waals surface area contributed by atoms with Crippen LogP contribution < -0.4 is 0 Å². The van der Waals surface area contributed by atoms with Gasteiger partial charge in [-0.3, -0.25) is 9.97 Å². The van der Waals surface area contributed by atoms with Gasteiger partial charge in [-0.05, 0) is 59.2 Å². The fourth-order valence-electron chi connectivity index (χ4n) is 3.30. The molecule has 0 unspecified atom stereocenters. The van der Waals surface area contributed by atoms with Crippen LogP contribution in [0.25, 0.3) is 33.5 Å². The number of pyridine rings is 2. The Kier molecular flexibility index (Phi) is 8.07. The maximum atomic E-state index is 11.2. The molecule has 0 radical (unpaired) electrons. The van der Waals surface area contributed by atoms with Gasteiger partial charge < -0.3 is 10.2 Å². The summed E-state index contributed by atoms with van der Waals surface area (Å²) in [5.41, 5.74) is 5.29. The second kappa shape index (κ2) is 10.5. The van der Waals surface area contributed by atoms with Crippen molar-refractivity contribution in [2.24, 2.45) is 0 Å². The van der Waals surface area contributed by atoms with E-state index in [-0.39, 0.29) is 35.9 Å². The molecule has 0 bridgehead atoms. The van der Waals surface area contributed by atoms with E-state index in [4.69, 9.17) is 0 Å². The van der Waals surface area contributed by atoms with Crippen molar-refractivity contribution in [3.63, 3.8) is 0 Å². The van der Waals surface area contributed by atoms with E-state index in [1.807, 2.05) is 18.2 Å². The number of rotatable bonds is 5. The summed E-state index contributed by atoms with van der Waals surface area (Å²) in [6.07, 6.45) is 5.11. The molecule has 0 fully saturated rings. The highest BCUT2D eigenvalue weighted by Crippen LogP contribution is 2.38. The van der Waals surface area contributed by atoms with E-state index in [1.54, 1.807) is 55.0 Å². The first kappa shape index (κ1) is 24.5. The summed E-state index contributed by atoms with van der Waals surface area (Å²) in [6, 6.07) is 18.8. The van der Waals surface area contributed by atoms with Crippen molar-refractivity contribution in [2.75, 3.05) is 0 Å². The smallest absolute Gasteiger partial charge is 0.335 e. The van der Waals surface area contributed by atoms with Crippen LogP contribution in [0.3, 0.4) is 0 Å². The van der Waals surface area contributed by atoms with Gasteiger partial charge in [0.25, 0.3) is 0 Å². The highest BCUT2D eigenvalue weighted by atomic mass is 35.5. The molecule has 2 heterocycles. The van der Waals surface area contributed by atoms with Gasteiger partial charge in [0.05, 0.1) is 16.8 Å². The second-order valence-corrected chi connectivity index (χ2v) is 6.58. The van der Waals surface area contributed by atoms with E-state index >= 15 is 0 Å².